The molecule has 31 heavy (non-hydrogen) atoms. The van der Waals surface area contributed by atoms with Gasteiger partial charge >= 0.3 is 12.2 Å². The van der Waals surface area contributed by atoms with E-state index in [-0.39, 0.29) is 18.4 Å². The van der Waals surface area contributed by atoms with Crippen molar-refractivity contribution in [3.05, 3.63) is 59.4 Å². The zero-order chi connectivity index (χ0) is 22.2. The van der Waals surface area contributed by atoms with Crippen LogP contribution in [-0.4, -0.2) is 45.3 Å². The Balaban J connectivity index is 1.45. The average molecular weight is 431 g/mol. The first-order valence-corrected chi connectivity index (χ1v) is 9.74. The standard InChI is InChI=1S/C21H20F3N5O2/c1-13-9-18(30)29(12-21(22,23)24)27-19(13)14-4-6-16(7-5-14)26-20(31)28-10-15-3-2-8-25-17(15)11-28/h2-8,13H,9-12H2,1H3,(H,26,31)/t13-/m0/s1. The zero-order valence-electron chi connectivity index (χ0n) is 16.7. The number of hydrazone groups is 1. The number of nitrogens with one attached hydrogen (secondary N) is 1. The van der Waals surface area contributed by atoms with Gasteiger partial charge in [-0.05, 0) is 29.3 Å². The van der Waals surface area contributed by atoms with Crippen LogP contribution in [0, 0.1) is 5.92 Å². The molecule has 2 aliphatic rings. The van der Waals surface area contributed by atoms with Crippen LogP contribution in [0.3, 0.4) is 0 Å². The van der Waals surface area contributed by atoms with Crippen LogP contribution in [-0.2, 0) is 17.9 Å². The lowest BCUT2D eigenvalue weighted by molar-refractivity contribution is -0.162. The van der Waals surface area contributed by atoms with Crippen molar-refractivity contribution in [1.29, 1.82) is 0 Å². The number of pyridine rings is 1. The van der Waals surface area contributed by atoms with E-state index in [4.69, 9.17) is 0 Å². The minimum atomic E-state index is -4.52. The number of urea groups is 1. The van der Waals surface area contributed by atoms with Crippen molar-refractivity contribution in [2.75, 3.05) is 11.9 Å². The van der Waals surface area contributed by atoms with Crippen LogP contribution in [0.5, 0.6) is 0 Å². The van der Waals surface area contributed by atoms with E-state index >= 15 is 0 Å². The summed E-state index contributed by atoms with van der Waals surface area (Å²) < 4.78 is 38.2. The molecule has 0 saturated carbocycles. The molecule has 2 aliphatic heterocycles. The molecule has 162 valence electrons. The number of aromatic nitrogens is 1. The molecule has 0 aliphatic carbocycles. The molecule has 2 aromatic rings. The predicted octanol–water partition coefficient (Wildman–Crippen LogP) is 3.76. The van der Waals surface area contributed by atoms with Crippen LogP contribution >= 0.6 is 0 Å². The van der Waals surface area contributed by atoms with Crippen LogP contribution in [0.1, 0.15) is 30.2 Å². The third kappa shape index (κ3) is 4.68. The molecule has 0 saturated heterocycles. The summed E-state index contributed by atoms with van der Waals surface area (Å²) in [5, 5.41) is 7.24. The highest BCUT2D eigenvalue weighted by Gasteiger charge is 2.36. The summed E-state index contributed by atoms with van der Waals surface area (Å²) >= 11 is 0. The Morgan fingerprint density at radius 2 is 1.94 bits per heavy atom. The summed E-state index contributed by atoms with van der Waals surface area (Å²) in [4.78, 5) is 30.4. The summed E-state index contributed by atoms with van der Waals surface area (Å²) in [5.41, 5.74) is 3.43. The van der Waals surface area contributed by atoms with E-state index in [1.807, 2.05) is 12.1 Å². The summed E-state index contributed by atoms with van der Waals surface area (Å²) in [6.45, 7) is 1.24. The van der Waals surface area contributed by atoms with Gasteiger partial charge in [-0.2, -0.15) is 18.3 Å². The number of rotatable bonds is 3. The minimum absolute atomic E-state index is 0.0447. The van der Waals surface area contributed by atoms with Crippen molar-refractivity contribution in [3.63, 3.8) is 0 Å². The fraction of sp³-hybridized carbons (Fsp3) is 0.333. The molecule has 1 aromatic heterocycles. The second kappa shape index (κ2) is 8.01. The van der Waals surface area contributed by atoms with E-state index < -0.39 is 18.6 Å². The lowest BCUT2D eigenvalue weighted by Crippen LogP contribution is -2.41. The lowest BCUT2D eigenvalue weighted by Gasteiger charge is -2.28. The Hall–Kier alpha value is -3.43. The van der Waals surface area contributed by atoms with Crippen LogP contribution in [0.4, 0.5) is 23.7 Å². The van der Waals surface area contributed by atoms with Crippen molar-refractivity contribution in [2.45, 2.75) is 32.6 Å². The first-order valence-electron chi connectivity index (χ1n) is 9.74. The van der Waals surface area contributed by atoms with Gasteiger partial charge in [-0.25, -0.2) is 9.80 Å². The second-order valence-corrected chi connectivity index (χ2v) is 7.63. The fourth-order valence-corrected chi connectivity index (χ4v) is 3.65. The molecular weight excluding hydrogens is 411 g/mol. The molecule has 0 unspecified atom stereocenters. The van der Waals surface area contributed by atoms with Gasteiger partial charge in [-0.3, -0.25) is 9.78 Å². The predicted molar refractivity (Wildman–Crippen MR) is 107 cm³/mol. The molecule has 1 atom stereocenters. The molecular formula is C21H20F3N5O2. The van der Waals surface area contributed by atoms with Crippen molar-refractivity contribution in [3.8, 4) is 0 Å². The molecule has 0 bridgehead atoms. The topological polar surface area (TPSA) is 77.9 Å². The molecule has 3 heterocycles. The molecule has 3 amide bonds. The number of nitrogens with zero attached hydrogens (tertiary/aromatic N) is 4. The number of carbonyl (C=O) groups is 2. The van der Waals surface area contributed by atoms with E-state index in [1.165, 1.54) is 0 Å². The molecule has 10 heteroatoms. The van der Waals surface area contributed by atoms with Gasteiger partial charge in [0.15, 0.2) is 0 Å². The van der Waals surface area contributed by atoms with Gasteiger partial charge in [0.2, 0.25) is 5.91 Å². The van der Waals surface area contributed by atoms with E-state index in [1.54, 1.807) is 42.3 Å². The molecule has 7 nitrogen and oxygen atoms in total. The van der Waals surface area contributed by atoms with Crippen LogP contribution in [0.15, 0.2) is 47.7 Å². The van der Waals surface area contributed by atoms with Crippen molar-refractivity contribution in [1.82, 2.24) is 14.9 Å². The van der Waals surface area contributed by atoms with Gasteiger partial charge in [0, 0.05) is 30.8 Å². The number of hydrogen-bond donors (Lipinski definition) is 1. The maximum atomic E-state index is 12.7. The van der Waals surface area contributed by atoms with Gasteiger partial charge in [-0.1, -0.05) is 25.1 Å². The molecule has 1 N–H and O–H groups in total. The number of halogens is 3. The van der Waals surface area contributed by atoms with Gasteiger partial charge in [0.25, 0.3) is 0 Å². The summed E-state index contributed by atoms with van der Waals surface area (Å²) in [6, 6.07) is 10.2. The van der Waals surface area contributed by atoms with E-state index in [0.717, 1.165) is 11.3 Å². The summed E-state index contributed by atoms with van der Waals surface area (Å²) in [5.74, 6) is -0.966. The first kappa shape index (κ1) is 20.8. The number of carbonyl (C=O) groups excluding carboxylic acids is 2. The highest BCUT2D eigenvalue weighted by Crippen LogP contribution is 2.26. The Labute approximate surface area is 176 Å². The van der Waals surface area contributed by atoms with Crippen molar-refractivity contribution >= 4 is 23.3 Å². The van der Waals surface area contributed by atoms with Crippen LogP contribution in [0.2, 0.25) is 0 Å². The quantitative estimate of drug-likeness (QED) is 0.804. The third-order valence-corrected chi connectivity index (χ3v) is 5.20. The van der Waals surface area contributed by atoms with Gasteiger partial charge in [-0.15, -0.1) is 0 Å². The Morgan fingerprint density at radius 1 is 1.19 bits per heavy atom. The van der Waals surface area contributed by atoms with Gasteiger partial charge in [0.1, 0.15) is 6.54 Å². The SMILES string of the molecule is C[C@H]1CC(=O)N(CC(F)(F)F)N=C1c1ccc(NC(=O)N2Cc3cccnc3C2)cc1. The number of alkyl halides is 3. The van der Waals surface area contributed by atoms with Crippen molar-refractivity contribution < 1.29 is 22.8 Å². The number of anilines is 1. The number of fused-ring (bicyclic) bond motifs is 1. The smallest absolute Gasteiger partial charge is 0.314 e. The number of hydrogen-bond acceptors (Lipinski definition) is 4. The van der Waals surface area contributed by atoms with Crippen LogP contribution < -0.4 is 5.32 Å². The normalized spacial score (nSPS) is 18.6. The largest absolute Gasteiger partial charge is 0.408 e. The summed E-state index contributed by atoms with van der Waals surface area (Å²) in [7, 11) is 0. The van der Waals surface area contributed by atoms with Gasteiger partial charge in [0.05, 0.1) is 18.0 Å². The molecule has 0 radical (unpaired) electrons. The molecule has 1 aromatic carbocycles. The van der Waals surface area contributed by atoms with Crippen LogP contribution in [0.25, 0.3) is 0 Å². The maximum absolute atomic E-state index is 12.7. The zero-order valence-corrected chi connectivity index (χ0v) is 16.7. The first-order chi connectivity index (χ1) is 14.7. The Morgan fingerprint density at radius 3 is 2.61 bits per heavy atom. The summed E-state index contributed by atoms with van der Waals surface area (Å²) in [6.07, 6.45) is -2.88. The Kier molecular flexibility index (Phi) is 5.38. The fourth-order valence-electron chi connectivity index (χ4n) is 3.65. The molecule has 0 fully saturated rings. The second-order valence-electron chi connectivity index (χ2n) is 7.63. The monoisotopic (exact) mass is 431 g/mol. The van der Waals surface area contributed by atoms with E-state index in [0.29, 0.717) is 35.1 Å². The van der Waals surface area contributed by atoms with Gasteiger partial charge < -0.3 is 10.2 Å². The highest BCUT2D eigenvalue weighted by atomic mass is 19.4. The highest BCUT2D eigenvalue weighted by molar-refractivity contribution is 6.06. The number of benzene rings is 1. The van der Waals surface area contributed by atoms with E-state index in [2.05, 4.69) is 15.4 Å². The lowest BCUT2D eigenvalue weighted by atomic mass is 9.93. The van der Waals surface area contributed by atoms with Crippen molar-refractivity contribution in [2.24, 2.45) is 11.0 Å². The number of amides is 3. The molecule has 0 spiro atoms. The average Bonchev–Trinajstić information content (AvgIpc) is 3.14. The Bertz CT molecular complexity index is 1010. The third-order valence-electron chi connectivity index (χ3n) is 5.20. The maximum Gasteiger partial charge on any atom is 0.408 e. The minimum Gasteiger partial charge on any atom is -0.314 e. The molecule has 4 rings (SSSR count). The van der Waals surface area contributed by atoms with E-state index in [9.17, 15) is 22.8 Å².